The van der Waals surface area contributed by atoms with E-state index in [1.807, 2.05) is 66.7 Å². The Morgan fingerprint density at radius 2 is 1.78 bits per heavy atom. The number of rotatable bonds is 10. The first-order valence-electron chi connectivity index (χ1n) is 14.6. The summed E-state index contributed by atoms with van der Waals surface area (Å²) in [5.41, 5.74) is 8.20. The zero-order valence-corrected chi connectivity index (χ0v) is 23.8. The number of carbonyl (C=O) groups is 3. The van der Waals surface area contributed by atoms with Gasteiger partial charge in [0, 0.05) is 32.1 Å². The lowest BCUT2D eigenvalue weighted by atomic mass is 9.75. The third-order valence-electron chi connectivity index (χ3n) is 8.64. The Morgan fingerprint density at radius 1 is 1.05 bits per heavy atom. The Hall–Kier alpha value is -3.97. The molecular weight excluding hydrogens is 512 g/mol. The molecule has 1 saturated carbocycles. The molecule has 0 spiro atoms. The van der Waals surface area contributed by atoms with Gasteiger partial charge in [-0.05, 0) is 66.5 Å². The highest BCUT2D eigenvalue weighted by Crippen LogP contribution is 2.32. The van der Waals surface area contributed by atoms with Gasteiger partial charge in [0.25, 0.3) is 0 Å². The second-order valence-electron chi connectivity index (χ2n) is 11.5. The van der Waals surface area contributed by atoms with Crippen molar-refractivity contribution in [2.45, 2.75) is 62.6 Å². The van der Waals surface area contributed by atoms with Crippen molar-refractivity contribution in [3.8, 4) is 0 Å². The van der Waals surface area contributed by atoms with E-state index in [9.17, 15) is 14.4 Å². The van der Waals surface area contributed by atoms with Crippen LogP contribution in [0.25, 0.3) is 10.8 Å². The van der Waals surface area contributed by atoms with Crippen LogP contribution < -0.4 is 11.1 Å². The number of aryl methyl sites for hydroxylation is 1. The predicted molar refractivity (Wildman–Crippen MR) is 162 cm³/mol. The van der Waals surface area contributed by atoms with Gasteiger partial charge in [-0.1, -0.05) is 78.9 Å². The third-order valence-corrected chi connectivity index (χ3v) is 8.64. The number of amides is 3. The quantitative estimate of drug-likeness (QED) is 0.372. The number of nitrogens with zero attached hydrogens (tertiary/aromatic N) is 2. The van der Waals surface area contributed by atoms with E-state index in [4.69, 9.17) is 5.73 Å². The summed E-state index contributed by atoms with van der Waals surface area (Å²) in [7, 11) is 1.68. The molecule has 1 heterocycles. The molecule has 0 aromatic heterocycles. The van der Waals surface area contributed by atoms with Crippen LogP contribution in [0.2, 0.25) is 0 Å². The van der Waals surface area contributed by atoms with Gasteiger partial charge in [0.2, 0.25) is 17.7 Å². The normalized spacial score (nSPS) is 19.0. The van der Waals surface area contributed by atoms with Gasteiger partial charge >= 0.3 is 0 Å². The average Bonchev–Trinajstić information content (AvgIpc) is 2.98. The Kier molecular flexibility index (Phi) is 8.84. The molecule has 2 fully saturated rings. The molecule has 3 aromatic rings. The number of piperazine rings is 1. The van der Waals surface area contributed by atoms with Crippen molar-refractivity contribution in [3.63, 3.8) is 0 Å². The number of nitrogens with one attached hydrogen (secondary N) is 1. The molecule has 214 valence electrons. The summed E-state index contributed by atoms with van der Waals surface area (Å²) in [6.45, 7) is 0.803. The van der Waals surface area contributed by atoms with Gasteiger partial charge in [0.15, 0.2) is 0 Å². The maximum absolute atomic E-state index is 14.3. The van der Waals surface area contributed by atoms with E-state index in [1.165, 1.54) is 4.90 Å². The van der Waals surface area contributed by atoms with E-state index in [1.54, 1.807) is 18.0 Å². The van der Waals surface area contributed by atoms with Gasteiger partial charge in [0.1, 0.15) is 12.1 Å². The summed E-state index contributed by atoms with van der Waals surface area (Å²) in [6, 6.07) is 22.9. The maximum atomic E-state index is 14.3. The SMILES string of the molecule is CN(C(=O)C=CCC1(N)CCC1)[C@H](Cc1ccc2ccccc2c1)C(=O)N1CCNC(=O)[C@H]1CCc1ccccc1. The Balaban J connectivity index is 1.38. The highest BCUT2D eigenvalue weighted by atomic mass is 16.2. The molecule has 1 aliphatic heterocycles. The predicted octanol–water partition coefficient (Wildman–Crippen LogP) is 4.00. The fourth-order valence-corrected chi connectivity index (χ4v) is 5.88. The molecule has 0 unspecified atom stereocenters. The lowest BCUT2D eigenvalue weighted by Gasteiger charge is -2.39. The van der Waals surface area contributed by atoms with Gasteiger partial charge in [-0.15, -0.1) is 0 Å². The monoisotopic (exact) mass is 552 g/mol. The molecule has 41 heavy (non-hydrogen) atoms. The Bertz CT molecular complexity index is 1420. The summed E-state index contributed by atoms with van der Waals surface area (Å²) < 4.78 is 0. The van der Waals surface area contributed by atoms with E-state index in [-0.39, 0.29) is 23.3 Å². The topological polar surface area (TPSA) is 95.7 Å². The molecular formula is C34H40N4O3. The van der Waals surface area contributed by atoms with E-state index in [0.717, 1.165) is 41.2 Å². The number of fused-ring (bicyclic) bond motifs is 1. The van der Waals surface area contributed by atoms with Crippen LogP contribution in [0.15, 0.2) is 84.9 Å². The number of likely N-dealkylation sites (N-methyl/N-ethyl adjacent to an activating group) is 1. The highest BCUT2D eigenvalue weighted by Gasteiger charge is 2.38. The van der Waals surface area contributed by atoms with Crippen molar-refractivity contribution in [1.29, 1.82) is 0 Å². The molecule has 0 bridgehead atoms. The molecule has 2 atom stereocenters. The molecule has 0 radical (unpaired) electrons. The zero-order chi connectivity index (χ0) is 28.8. The first kappa shape index (κ1) is 28.6. The Morgan fingerprint density at radius 3 is 2.51 bits per heavy atom. The van der Waals surface area contributed by atoms with Crippen LogP contribution in [-0.2, 0) is 27.2 Å². The molecule has 5 rings (SSSR count). The third kappa shape index (κ3) is 6.85. The second-order valence-corrected chi connectivity index (χ2v) is 11.5. The van der Waals surface area contributed by atoms with E-state index < -0.39 is 12.1 Å². The van der Waals surface area contributed by atoms with E-state index in [0.29, 0.717) is 38.8 Å². The molecule has 1 aliphatic carbocycles. The van der Waals surface area contributed by atoms with Gasteiger partial charge < -0.3 is 20.9 Å². The van der Waals surface area contributed by atoms with Gasteiger partial charge in [-0.25, -0.2) is 0 Å². The maximum Gasteiger partial charge on any atom is 0.246 e. The molecule has 1 saturated heterocycles. The number of hydrogen-bond acceptors (Lipinski definition) is 4. The van der Waals surface area contributed by atoms with Crippen molar-refractivity contribution in [3.05, 3.63) is 96.1 Å². The largest absolute Gasteiger partial charge is 0.353 e. The molecule has 2 aliphatic rings. The molecule has 3 N–H and O–H groups in total. The van der Waals surface area contributed by atoms with E-state index >= 15 is 0 Å². The van der Waals surface area contributed by atoms with Crippen LogP contribution in [-0.4, -0.2) is 65.3 Å². The lowest BCUT2D eigenvalue weighted by Crippen LogP contribution is -2.61. The Labute approximate surface area is 242 Å². The first-order valence-corrected chi connectivity index (χ1v) is 14.6. The minimum absolute atomic E-state index is 0.146. The lowest BCUT2D eigenvalue weighted by molar-refractivity contribution is -0.149. The smallest absolute Gasteiger partial charge is 0.246 e. The molecule has 3 amide bonds. The van der Waals surface area contributed by atoms with Crippen LogP contribution >= 0.6 is 0 Å². The number of hydrogen-bond donors (Lipinski definition) is 2. The summed E-state index contributed by atoms with van der Waals surface area (Å²) in [5.74, 6) is -0.591. The van der Waals surface area contributed by atoms with Crippen LogP contribution in [0.1, 0.15) is 43.2 Å². The average molecular weight is 553 g/mol. The van der Waals surface area contributed by atoms with Gasteiger partial charge in [-0.2, -0.15) is 0 Å². The van der Waals surface area contributed by atoms with E-state index in [2.05, 4.69) is 17.4 Å². The van der Waals surface area contributed by atoms with Crippen LogP contribution in [0.4, 0.5) is 0 Å². The fourth-order valence-electron chi connectivity index (χ4n) is 5.88. The standard InChI is InChI=1S/C34H40N4O3/c1-37(31(39)13-7-18-34(35)19-8-20-34)30(24-26-14-16-27-11-5-6-12-28(27)23-26)33(41)38-22-21-36-32(40)29(38)17-15-25-9-3-2-4-10-25/h2-7,9-14,16,23,29-30H,8,15,17-22,24,35H2,1H3,(H,36,40)/t29-,30-/m1/s1. The highest BCUT2D eigenvalue weighted by molar-refractivity contribution is 5.95. The minimum Gasteiger partial charge on any atom is -0.353 e. The van der Waals surface area contributed by atoms with Crippen LogP contribution in [0, 0.1) is 0 Å². The number of benzene rings is 3. The minimum atomic E-state index is -0.756. The van der Waals surface area contributed by atoms with Crippen molar-refractivity contribution in [1.82, 2.24) is 15.1 Å². The van der Waals surface area contributed by atoms with Gasteiger partial charge in [-0.3, -0.25) is 14.4 Å². The molecule has 7 nitrogen and oxygen atoms in total. The summed E-state index contributed by atoms with van der Waals surface area (Å²) in [4.78, 5) is 43.9. The van der Waals surface area contributed by atoms with Crippen molar-refractivity contribution in [2.75, 3.05) is 20.1 Å². The fraction of sp³-hybridized carbons (Fsp3) is 0.382. The van der Waals surface area contributed by atoms with Crippen LogP contribution in [0.5, 0.6) is 0 Å². The van der Waals surface area contributed by atoms with Crippen LogP contribution in [0.3, 0.4) is 0 Å². The molecule has 3 aromatic carbocycles. The summed E-state index contributed by atoms with van der Waals surface area (Å²) >= 11 is 0. The summed E-state index contributed by atoms with van der Waals surface area (Å²) in [6.07, 6.45) is 8.62. The second kappa shape index (κ2) is 12.7. The van der Waals surface area contributed by atoms with Crippen molar-refractivity contribution in [2.24, 2.45) is 5.73 Å². The van der Waals surface area contributed by atoms with Crippen molar-refractivity contribution < 1.29 is 14.4 Å². The summed E-state index contributed by atoms with van der Waals surface area (Å²) in [5, 5.41) is 5.13. The van der Waals surface area contributed by atoms with Gasteiger partial charge in [0.05, 0.1) is 0 Å². The first-order chi connectivity index (χ1) is 19.8. The zero-order valence-electron chi connectivity index (χ0n) is 23.8. The molecule has 7 heteroatoms. The number of nitrogens with two attached hydrogens (primary N) is 1. The van der Waals surface area contributed by atoms with Crippen molar-refractivity contribution >= 4 is 28.5 Å². The number of carbonyl (C=O) groups excluding carboxylic acids is 3.